The molecule has 1 atom stereocenters. The smallest absolute Gasteiger partial charge is 0.321 e. The molecule has 4 nitrogen and oxygen atoms in total. The molecule has 1 fully saturated rings. The third-order valence-electron chi connectivity index (χ3n) is 3.11. The van der Waals surface area contributed by atoms with E-state index in [1.807, 2.05) is 25.1 Å². The lowest BCUT2D eigenvalue weighted by molar-refractivity contribution is 0.0883. The van der Waals surface area contributed by atoms with Crippen LogP contribution in [0, 0.1) is 10.5 Å². The summed E-state index contributed by atoms with van der Waals surface area (Å²) in [5, 5.41) is 12.5. The van der Waals surface area contributed by atoms with E-state index in [9.17, 15) is 9.90 Å². The van der Waals surface area contributed by atoms with E-state index >= 15 is 0 Å². The summed E-state index contributed by atoms with van der Waals surface area (Å²) in [5.74, 6) is 0. The predicted octanol–water partition coefficient (Wildman–Crippen LogP) is 2.59. The number of carbonyl (C=O) groups is 1. The maximum Gasteiger partial charge on any atom is 0.321 e. The molecule has 18 heavy (non-hydrogen) atoms. The Kier molecular flexibility index (Phi) is 4.45. The first-order valence-corrected chi connectivity index (χ1v) is 7.14. The topological polar surface area (TPSA) is 52.6 Å². The van der Waals surface area contributed by atoms with Crippen LogP contribution in [0.1, 0.15) is 18.4 Å². The first-order chi connectivity index (χ1) is 8.56. The molecule has 0 radical (unpaired) electrons. The van der Waals surface area contributed by atoms with Crippen molar-refractivity contribution in [2.45, 2.75) is 25.9 Å². The molecule has 2 N–H and O–H groups in total. The molecule has 0 aromatic heterocycles. The summed E-state index contributed by atoms with van der Waals surface area (Å²) in [6.07, 6.45) is 1.26. The number of nitrogens with zero attached hydrogens (tertiary/aromatic N) is 1. The van der Waals surface area contributed by atoms with E-state index in [0.717, 1.165) is 27.7 Å². The lowest BCUT2D eigenvalue weighted by Gasteiger charge is -2.30. The van der Waals surface area contributed by atoms with E-state index < -0.39 is 0 Å². The molecule has 0 aliphatic carbocycles. The summed E-state index contributed by atoms with van der Waals surface area (Å²) in [7, 11) is 0. The van der Waals surface area contributed by atoms with Crippen molar-refractivity contribution in [2.24, 2.45) is 0 Å². The fraction of sp³-hybridized carbons (Fsp3) is 0.462. The second kappa shape index (κ2) is 5.88. The van der Waals surface area contributed by atoms with Crippen LogP contribution in [-0.4, -0.2) is 35.2 Å². The van der Waals surface area contributed by atoms with Crippen molar-refractivity contribution < 1.29 is 9.90 Å². The van der Waals surface area contributed by atoms with E-state index in [0.29, 0.717) is 13.1 Å². The first-order valence-electron chi connectivity index (χ1n) is 6.06. The minimum absolute atomic E-state index is 0.127. The van der Waals surface area contributed by atoms with Crippen LogP contribution in [0.15, 0.2) is 18.2 Å². The number of aryl methyl sites for hydroxylation is 1. The second-order valence-electron chi connectivity index (χ2n) is 4.63. The van der Waals surface area contributed by atoms with Crippen LogP contribution in [0.4, 0.5) is 10.5 Å². The van der Waals surface area contributed by atoms with Crippen molar-refractivity contribution in [1.82, 2.24) is 4.90 Å². The van der Waals surface area contributed by atoms with Crippen molar-refractivity contribution in [3.05, 3.63) is 27.3 Å². The van der Waals surface area contributed by atoms with E-state index in [4.69, 9.17) is 0 Å². The van der Waals surface area contributed by atoms with Gasteiger partial charge in [-0.1, -0.05) is 0 Å². The van der Waals surface area contributed by atoms with Gasteiger partial charge in [-0.25, -0.2) is 4.79 Å². The highest BCUT2D eigenvalue weighted by Crippen LogP contribution is 2.19. The molecule has 1 heterocycles. The van der Waals surface area contributed by atoms with Gasteiger partial charge in [0.05, 0.1) is 6.10 Å². The van der Waals surface area contributed by atoms with Crippen LogP contribution in [0.3, 0.4) is 0 Å². The summed E-state index contributed by atoms with van der Waals surface area (Å²) in [6, 6.07) is 5.78. The van der Waals surface area contributed by atoms with Gasteiger partial charge in [-0.2, -0.15) is 0 Å². The minimum atomic E-state index is -0.387. The van der Waals surface area contributed by atoms with E-state index in [1.165, 1.54) is 0 Å². The van der Waals surface area contributed by atoms with Gasteiger partial charge in [0.2, 0.25) is 0 Å². The fourth-order valence-electron chi connectivity index (χ4n) is 2.10. The Hall–Kier alpha value is -0.820. The van der Waals surface area contributed by atoms with Crippen molar-refractivity contribution >= 4 is 34.3 Å². The normalized spacial score (nSPS) is 19.7. The van der Waals surface area contributed by atoms with Crippen LogP contribution in [0.2, 0.25) is 0 Å². The van der Waals surface area contributed by atoms with Gasteiger partial charge in [-0.15, -0.1) is 0 Å². The largest absolute Gasteiger partial charge is 0.391 e. The average Bonchev–Trinajstić information content (AvgIpc) is 2.32. The number of anilines is 1. The number of carbonyl (C=O) groups excluding carboxylic acids is 1. The van der Waals surface area contributed by atoms with E-state index in [-0.39, 0.29) is 12.1 Å². The third-order valence-corrected chi connectivity index (χ3v) is 3.78. The number of amides is 2. The zero-order chi connectivity index (χ0) is 13.1. The Balaban J connectivity index is 2.02. The summed E-state index contributed by atoms with van der Waals surface area (Å²) in [6.45, 7) is 3.12. The van der Waals surface area contributed by atoms with Gasteiger partial charge in [0.25, 0.3) is 0 Å². The molecule has 1 aliphatic heterocycles. The van der Waals surface area contributed by atoms with Crippen molar-refractivity contribution in [2.75, 3.05) is 18.4 Å². The van der Waals surface area contributed by atoms with Crippen LogP contribution in [-0.2, 0) is 0 Å². The molecule has 1 saturated heterocycles. The number of hydrogen-bond acceptors (Lipinski definition) is 2. The Bertz CT molecular complexity index is 451. The molecular formula is C13H17IN2O2. The van der Waals surface area contributed by atoms with Gasteiger partial charge in [0.15, 0.2) is 0 Å². The van der Waals surface area contributed by atoms with Gasteiger partial charge in [0, 0.05) is 22.3 Å². The predicted molar refractivity (Wildman–Crippen MR) is 79.7 cm³/mol. The number of β-amino-alcohol motifs (C(OH)–C–C–N with tert-alkyl or cyclic N) is 1. The molecule has 2 rings (SSSR count). The number of hydrogen-bond donors (Lipinski definition) is 2. The second-order valence-corrected chi connectivity index (χ2v) is 5.88. The number of rotatable bonds is 1. The summed E-state index contributed by atoms with van der Waals surface area (Å²) >= 11 is 2.25. The quantitative estimate of drug-likeness (QED) is 0.757. The van der Waals surface area contributed by atoms with Gasteiger partial charge in [-0.3, -0.25) is 0 Å². The van der Waals surface area contributed by atoms with Crippen molar-refractivity contribution in [3.63, 3.8) is 0 Å². The van der Waals surface area contributed by atoms with E-state index in [1.54, 1.807) is 4.90 Å². The number of halogens is 1. The average molecular weight is 360 g/mol. The highest BCUT2D eigenvalue weighted by atomic mass is 127. The minimum Gasteiger partial charge on any atom is -0.391 e. The number of piperidine rings is 1. The molecule has 5 heteroatoms. The molecule has 0 bridgehead atoms. The monoisotopic (exact) mass is 360 g/mol. The highest BCUT2D eigenvalue weighted by molar-refractivity contribution is 14.1. The number of urea groups is 1. The van der Waals surface area contributed by atoms with Crippen LogP contribution in [0.5, 0.6) is 0 Å². The third kappa shape index (κ3) is 3.35. The Labute approximate surface area is 121 Å². The number of nitrogens with one attached hydrogen (secondary N) is 1. The molecule has 1 unspecified atom stereocenters. The molecular weight excluding hydrogens is 343 g/mol. The Morgan fingerprint density at radius 2 is 2.33 bits per heavy atom. The van der Waals surface area contributed by atoms with E-state index in [2.05, 4.69) is 27.9 Å². The number of likely N-dealkylation sites (tertiary alicyclic amines) is 1. The zero-order valence-electron chi connectivity index (χ0n) is 10.3. The summed E-state index contributed by atoms with van der Waals surface area (Å²) < 4.78 is 1.15. The van der Waals surface area contributed by atoms with Crippen molar-refractivity contribution in [1.29, 1.82) is 0 Å². The summed E-state index contributed by atoms with van der Waals surface area (Å²) in [5.41, 5.74) is 1.88. The fourth-order valence-corrected chi connectivity index (χ4v) is 2.75. The first kappa shape index (κ1) is 13.6. The van der Waals surface area contributed by atoms with Gasteiger partial charge < -0.3 is 15.3 Å². The standard InChI is InChI=1S/C13H17IN2O2/c1-9-7-10(14)4-5-12(9)15-13(18)16-6-2-3-11(17)8-16/h4-5,7,11,17H,2-3,6,8H2,1H3,(H,15,18). The van der Waals surface area contributed by atoms with Gasteiger partial charge >= 0.3 is 6.03 Å². The molecule has 2 amide bonds. The maximum absolute atomic E-state index is 12.1. The number of aliphatic hydroxyl groups excluding tert-OH is 1. The van der Waals surface area contributed by atoms with Crippen molar-refractivity contribution in [3.8, 4) is 0 Å². The number of aliphatic hydroxyl groups is 1. The zero-order valence-corrected chi connectivity index (χ0v) is 12.5. The molecule has 1 aromatic rings. The molecule has 1 aliphatic rings. The number of benzene rings is 1. The van der Waals surface area contributed by atoms with Crippen LogP contribution in [0.25, 0.3) is 0 Å². The summed E-state index contributed by atoms with van der Waals surface area (Å²) in [4.78, 5) is 13.7. The lowest BCUT2D eigenvalue weighted by Crippen LogP contribution is -2.44. The van der Waals surface area contributed by atoms with Gasteiger partial charge in [0.1, 0.15) is 0 Å². The van der Waals surface area contributed by atoms with Crippen LogP contribution >= 0.6 is 22.6 Å². The lowest BCUT2D eigenvalue weighted by atomic mass is 10.1. The highest BCUT2D eigenvalue weighted by Gasteiger charge is 2.22. The Morgan fingerprint density at radius 1 is 1.56 bits per heavy atom. The molecule has 1 aromatic carbocycles. The maximum atomic E-state index is 12.1. The molecule has 98 valence electrons. The van der Waals surface area contributed by atoms with Crippen LogP contribution < -0.4 is 5.32 Å². The SMILES string of the molecule is Cc1cc(I)ccc1NC(=O)N1CCCC(O)C1. The van der Waals surface area contributed by atoms with Gasteiger partial charge in [-0.05, 0) is 66.1 Å². The molecule has 0 saturated carbocycles. The molecule has 0 spiro atoms. The Morgan fingerprint density at radius 3 is 3.00 bits per heavy atom.